The fourth-order valence-electron chi connectivity index (χ4n) is 0.173. The van der Waals surface area contributed by atoms with Gasteiger partial charge in [0.2, 0.25) is 0 Å². The topological polar surface area (TPSA) is 21.3 Å². The lowest BCUT2D eigenvalue weighted by atomic mass is 10.6. The summed E-state index contributed by atoms with van der Waals surface area (Å²) in [6.45, 7) is 6.87. The molecule has 40 valence electrons. The van der Waals surface area contributed by atoms with E-state index in [1.54, 1.807) is 7.05 Å². The molecule has 0 spiro atoms. The van der Waals surface area contributed by atoms with Crippen LogP contribution in [0.3, 0.4) is 0 Å². The van der Waals surface area contributed by atoms with Crippen LogP contribution in [-0.2, 0) is 4.84 Å². The van der Waals surface area contributed by atoms with Gasteiger partial charge in [0, 0.05) is 7.05 Å². The van der Waals surface area contributed by atoms with Crippen LogP contribution in [0.25, 0.3) is 0 Å². The average Bonchev–Trinajstić information content (AvgIpc) is 1.68. The molecule has 0 saturated carbocycles. The Hall–Kier alpha value is -0.760. The van der Waals surface area contributed by atoms with Gasteiger partial charge in [-0.2, -0.15) is 5.48 Å². The van der Waals surface area contributed by atoms with Gasteiger partial charge in [0.05, 0.1) is 0 Å². The summed E-state index contributed by atoms with van der Waals surface area (Å²) < 4.78 is 0. The van der Waals surface area contributed by atoms with Crippen LogP contribution in [0.2, 0.25) is 0 Å². The molecular weight excluding hydrogens is 90.1 g/mol. The van der Waals surface area contributed by atoms with Crippen molar-refractivity contribution in [1.29, 1.82) is 0 Å². The second-order valence-electron chi connectivity index (χ2n) is 0.977. The summed E-state index contributed by atoms with van der Waals surface area (Å²) in [5.74, 6) is 0.530. The van der Waals surface area contributed by atoms with Crippen LogP contribution < -0.4 is 5.48 Å². The predicted octanol–water partition coefficient (Wildman–Crippen LogP) is 0.837. The van der Waals surface area contributed by atoms with Crippen LogP contribution in [0, 0.1) is 0 Å². The molecule has 0 unspecified atom stereocenters. The summed E-state index contributed by atoms with van der Waals surface area (Å²) in [5, 5.41) is 0. The molecule has 0 bridgehead atoms. The van der Waals surface area contributed by atoms with Crippen molar-refractivity contribution in [3.8, 4) is 0 Å². The summed E-state index contributed by atoms with van der Waals surface area (Å²) in [4.78, 5) is 4.63. The van der Waals surface area contributed by atoms with Crippen molar-refractivity contribution < 1.29 is 4.84 Å². The van der Waals surface area contributed by atoms with Crippen LogP contribution in [0.1, 0.15) is 0 Å². The summed E-state index contributed by atoms with van der Waals surface area (Å²) in [5.41, 5.74) is 2.45. The van der Waals surface area contributed by atoms with E-state index in [0.717, 1.165) is 0 Å². The zero-order valence-corrected chi connectivity index (χ0v) is 4.40. The third kappa shape index (κ3) is 3.06. The largest absolute Gasteiger partial charge is 0.410 e. The first-order chi connectivity index (χ1) is 3.31. The Kier molecular flexibility index (Phi) is 3.06. The maximum Gasteiger partial charge on any atom is 0.139 e. The lowest BCUT2D eigenvalue weighted by molar-refractivity contribution is 0.138. The van der Waals surface area contributed by atoms with E-state index < -0.39 is 0 Å². The van der Waals surface area contributed by atoms with Gasteiger partial charge < -0.3 is 4.84 Å². The molecule has 0 saturated heterocycles. The number of hydrogen-bond donors (Lipinski definition) is 1. The van der Waals surface area contributed by atoms with E-state index in [1.165, 1.54) is 6.08 Å². The molecule has 2 nitrogen and oxygen atoms in total. The van der Waals surface area contributed by atoms with Gasteiger partial charge in [-0.15, -0.1) is 0 Å². The van der Waals surface area contributed by atoms with Gasteiger partial charge in [-0.1, -0.05) is 13.2 Å². The van der Waals surface area contributed by atoms with E-state index in [4.69, 9.17) is 0 Å². The number of nitrogens with one attached hydrogen (secondary N) is 1. The Morgan fingerprint density at radius 2 is 2.43 bits per heavy atom. The van der Waals surface area contributed by atoms with Crippen molar-refractivity contribution in [3.05, 3.63) is 25.0 Å². The van der Waals surface area contributed by atoms with Crippen molar-refractivity contribution in [3.63, 3.8) is 0 Å². The lowest BCUT2D eigenvalue weighted by Crippen LogP contribution is -2.04. The molecule has 0 atom stereocenters. The highest BCUT2D eigenvalue weighted by atomic mass is 16.6. The van der Waals surface area contributed by atoms with Crippen molar-refractivity contribution in [2.45, 2.75) is 0 Å². The molecule has 0 aromatic heterocycles. The second kappa shape index (κ2) is 3.43. The van der Waals surface area contributed by atoms with Crippen molar-refractivity contribution >= 4 is 0 Å². The normalized spacial score (nSPS) is 7.57. The van der Waals surface area contributed by atoms with E-state index >= 15 is 0 Å². The van der Waals surface area contributed by atoms with Crippen LogP contribution >= 0.6 is 0 Å². The SMILES string of the molecule is C=CC(=C)ONC. The molecule has 0 radical (unpaired) electrons. The fourth-order valence-corrected chi connectivity index (χ4v) is 0.173. The number of allylic oxidation sites excluding steroid dienone is 1. The van der Waals surface area contributed by atoms with Gasteiger partial charge in [-0.3, -0.25) is 0 Å². The smallest absolute Gasteiger partial charge is 0.139 e. The van der Waals surface area contributed by atoms with Gasteiger partial charge in [0.25, 0.3) is 0 Å². The second-order valence-corrected chi connectivity index (χ2v) is 0.977. The third-order valence-electron chi connectivity index (χ3n) is 0.461. The van der Waals surface area contributed by atoms with Gasteiger partial charge in [-0.25, -0.2) is 0 Å². The summed E-state index contributed by atoms with van der Waals surface area (Å²) in [7, 11) is 1.66. The minimum atomic E-state index is 0.530. The Bertz CT molecular complexity index is 78.1. The monoisotopic (exact) mass is 99.1 g/mol. The molecule has 0 aliphatic heterocycles. The first kappa shape index (κ1) is 6.24. The van der Waals surface area contributed by atoms with E-state index in [2.05, 4.69) is 23.5 Å². The Labute approximate surface area is 43.4 Å². The van der Waals surface area contributed by atoms with Crippen LogP contribution in [-0.4, -0.2) is 7.05 Å². The van der Waals surface area contributed by atoms with Gasteiger partial charge in [0.1, 0.15) is 5.76 Å². The Balaban J connectivity index is 3.17. The highest BCUT2D eigenvalue weighted by Crippen LogP contribution is 1.86. The first-order valence-electron chi connectivity index (χ1n) is 1.96. The highest BCUT2D eigenvalue weighted by molar-refractivity contribution is 5.00. The lowest BCUT2D eigenvalue weighted by Gasteiger charge is -1.97. The molecule has 2 heteroatoms. The maximum atomic E-state index is 4.63. The highest BCUT2D eigenvalue weighted by Gasteiger charge is 1.77. The van der Waals surface area contributed by atoms with E-state index in [0.29, 0.717) is 5.76 Å². The molecule has 0 rings (SSSR count). The summed E-state index contributed by atoms with van der Waals surface area (Å²) in [6, 6.07) is 0. The predicted molar refractivity (Wildman–Crippen MR) is 29.5 cm³/mol. The zero-order chi connectivity index (χ0) is 5.70. The Morgan fingerprint density at radius 1 is 1.86 bits per heavy atom. The molecule has 0 aliphatic rings. The molecule has 0 fully saturated rings. The standard InChI is InChI=1S/C5H9NO/c1-4-5(2)7-6-3/h4,6H,1-2H2,3H3. The van der Waals surface area contributed by atoms with Crippen molar-refractivity contribution in [2.24, 2.45) is 0 Å². The van der Waals surface area contributed by atoms with Gasteiger partial charge in [0.15, 0.2) is 0 Å². The van der Waals surface area contributed by atoms with Crippen LogP contribution in [0.5, 0.6) is 0 Å². The zero-order valence-electron chi connectivity index (χ0n) is 4.40. The average molecular weight is 99.1 g/mol. The van der Waals surface area contributed by atoms with E-state index in [-0.39, 0.29) is 0 Å². The number of hydroxylamine groups is 1. The summed E-state index contributed by atoms with van der Waals surface area (Å²) in [6.07, 6.45) is 1.52. The number of hydrogen-bond acceptors (Lipinski definition) is 2. The van der Waals surface area contributed by atoms with E-state index in [1.807, 2.05) is 0 Å². The number of rotatable bonds is 3. The molecule has 0 aliphatic carbocycles. The molecule has 0 aromatic carbocycles. The van der Waals surface area contributed by atoms with Crippen molar-refractivity contribution in [1.82, 2.24) is 5.48 Å². The van der Waals surface area contributed by atoms with Crippen LogP contribution in [0.15, 0.2) is 25.0 Å². The van der Waals surface area contributed by atoms with Crippen molar-refractivity contribution in [2.75, 3.05) is 7.05 Å². The fraction of sp³-hybridized carbons (Fsp3) is 0.200. The third-order valence-corrected chi connectivity index (χ3v) is 0.461. The molecular formula is C5H9NO. The molecule has 1 N–H and O–H groups in total. The van der Waals surface area contributed by atoms with Crippen LogP contribution in [0.4, 0.5) is 0 Å². The minimum Gasteiger partial charge on any atom is -0.410 e. The van der Waals surface area contributed by atoms with E-state index in [9.17, 15) is 0 Å². The molecule has 0 aromatic rings. The maximum absolute atomic E-state index is 4.63. The molecule has 0 heterocycles. The Morgan fingerprint density at radius 3 is 2.57 bits per heavy atom. The minimum absolute atomic E-state index is 0.530. The molecule has 0 amide bonds. The summed E-state index contributed by atoms with van der Waals surface area (Å²) >= 11 is 0. The quantitative estimate of drug-likeness (QED) is 0.321. The van der Waals surface area contributed by atoms with Gasteiger partial charge in [-0.05, 0) is 6.08 Å². The molecule has 7 heavy (non-hydrogen) atoms. The first-order valence-corrected chi connectivity index (χ1v) is 1.96. The van der Waals surface area contributed by atoms with Gasteiger partial charge >= 0.3 is 0 Å².